The van der Waals surface area contributed by atoms with Crippen LogP contribution in [0.1, 0.15) is 5.56 Å². The highest BCUT2D eigenvalue weighted by Gasteiger charge is 2.18. The lowest BCUT2D eigenvalue weighted by atomic mass is 10.3. The molecule has 6 heteroatoms. The molecule has 0 radical (unpaired) electrons. The van der Waals surface area contributed by atoms with Gasteiger partial charge in [-0.25, -0.2) is 13.4 Å². The molecule has 19 heavy (non-hydrogen) atoms. The summed E-state index contributed by atoms with van der Waals surface area (Å²) >= 11 is 0. The van der Waals surface area contributed by atoms with Crippen LogP contribution in [-0.2, 0) is 10.0 Å². The summed E-state index contributed by atoms with van der Waals surface area (Å²) in [5, 5.41) is 2.86. The number of nitrogens with one attached hydrogen (secondary N) is 2. The maximum absolute atomic E-state index is 12.3. The second-order valence-corrected chi connectivity index (χ2v) is 5.72. The van der Waals surface area contributed by atoms with E-state index >= 15 is 0 Å². The van der Waals surface area contributed by atoms with Crippen molar-refractivity contribution < 1.29 is 8.42 Å². The Morgan fingerprint density at radius 1 is 1.11 bits per heavy atom. The van der Waals surface area contributed by atoms with Gasteiger partial charge >= 0.3 is 0 Å². The standard InChI is InChI=1S/C13H15N3O2S/c1-10-7-8-13(15-9-10)16-19(17,18)12-6-4-3-5-11(12)14-2/h3-9,14H,1-2H3,(H,15,16). The van der Waals surface area contributed by atoms with Gasteiger partial charge in [-0.15, -0.1) is 0 Å². The van der Waals surface area contributed by atoms with Crippen LogP contribution >= 0.6 is 0 Å². The van der Waals surface area contributed by atoms with Crippen LogP contribution in [0.2, 0.25) is 0 Å². The molecule has 1 aromatic carbocycles. The molecule has 0 saturated heterocycles. The van der Waals surface area contributed by atoms with E-state index in [-0.39, 0.29) is 4.90 Å². The number of hydrogen-bond donors (Lipinski definition) is 2. The monoisotopic (exact) mass is 277 g/mol. The van der Waals surface area contributed by atoms with E-state index in [1.165, 1.54) is 0 Å². The molecule has 0 bridgehead atoms. The minimum Gasteiger partial charge on any atom is -0.387 e. The van der Waals surface area contributed by atoms with Gasteiger partial charge in [-0.05, 0) is 30.7 Å². The maximum atomic E-state index is 12.3. The zero-order valence-corrected chi connectivity index (χ0v) is 11.5. The number of aromatic nitrogens is 1. The van der Waals surface area contributed by atoms with E-state index in [2.05, 4.69) is 15.0 Å². The number of hydrogen-bond acceptors (Lipinski definition) is 4. The number of rotatable bonds is 4. The number of aryl methyl sites for hydroxylation is 1. The number of anilines is 2. The lowest BCUT2D eigenvalue weighted by Crippen LogP contribution is -2.15. The van der Waals surface area contributed by atoms with Crippen LogP contribution in [0.15, 0.2) is 47.5 Å². The summed E-state index contributed by atoms with van der Waals surface area (Å²) in [6.07, 6.45) is 1.61. The van der Waals surface area contributed by atoms with Crippen molar-refractivity contribution in [3.8, 4) is 0 Å². The first kappa shape index (κ1) is 13.4. The fraction of sp³-hybridized carbons (Fsp3) is 0.154. The smallest absolute Gasteiger partial charge is 0.265 e. The van der Waals surface area contributed by atoms with E-state index in [0.29, 0.717) is 11.5 Å². The van der Waals surface area contributed by atoms with Gasteiger partial charge in [0, 0.05) is 13.2 Å². The number of pyridine rings is 1. The average molecular weight is 277 g/mol. The molecule has 0 aliphatic carbocycles. The van der Waals surface area contributed by atoms with E-state index in [1.54, 1.807) is 49.6 Å². The second-order valence-electron chi connectivity index (χ2n) is 4.07. The van der Waals surface area contributed by atoms with Gasteiger partial charge in [-0.2, -0.15) is 0 Å². The van der Waals surface area contributed by atoms with Gasteiger partial charge in [0.05, 0.1) is 5.69 Å². The summed E-state index contributed by atoms with van der Waals surface area (Å²) in [6, 6.07) is 10.1. The van der Waals surface area contributed by atoms with Crippen molar-refractivity contribution in [2.45, 2.75) is 11.8 Å². The zero-order chi connectivity index (χ0) is 13.9. The van der Waals surface area contributed by atoms with Gasteiger partial charge in [0.1, 0.15) is 10.7 Å². The van der Waals surface area contributed by atoms with Crippen molar-refractivity contribution in [3.63, 3.8) is 0 Å². The van der Waals surface area contributed by atoms with Gasteiger partial charge in [0.15, 0.2) is 0 Å². The third-order valence-corrected chi connectivity index (χ3v) is 4.01. The summed E-state index contributed by atoms with van der Waals surface area (Å²) in [5.74, 6) is 0.302. The minimum atomic E-state index is -3.64. The second kappa shape index (κ2) is 5.27. The van der Waals surface area contributed by atoms with Crippen LogP contribution in [0.5, 0.6) is 0 Å². The van der Waals surface area contributed by atoms with Crippen molar-refractivity contribution in [1.29, 1.82) is 0 Å². The van der Waals surface area contributed by atoms with Gasteiger partial charge in [-0.1, -0.05) is 18.2 Å². The highest BCUT2D eigenvalue weighted by atomic mass is 32.2. The van der Waals surface area contributed by atoms with Crippen molar-refractivity contribution in [1.82, 2.24) is 4.98 Å². The average Bonchev–Trinajstić information content (AvgIpc) is 2.41. The van der Waals surface area contributed by atoms with E-state index in [9.17, 15) is 8.42 Å². The van der Waals surface area contributed by atoms with E-state index in [1.807, 2.05) is 6.92 Å². The van der Waals surface area contributed by atoms with Gasteiger partial charge in [0.2, 0.25) is 0 Å². The molecular weight excluding hydrogens is 262 g/mol. The SMILES string of the molecule is CNc1ccccc1S(=O)(=O)Nc1ccc(C)cn1. The molecule has 2 N–H and O–H groups in total. The summed E-state index contributed by atoms with van der Waals surface area (Å²) in [7, 11) is -1.96. The van der Waals surface area contributed by atoms with Crippen LogP contribution < -0.4 is 10.0 Å². The summed E-state index contributed by atoms with van der Waals surface area (Å²) in [5.41, 5.74) is 1.51. The first-order chi connectivity index (χ1) is 9.03. The molecule has 0 atom stereocenters. The van der Waals surface area contributed by atoms with Crippen LogP contribution in [-0.4, -0.2) is 20.4 Å². The Bertz CT molecular complexity index is 667. The number of sulfonamides is 1. The molecule has 0 spiro atoms. The zero-order valence-electron chi connectivity index (χ0n) is 10.7. The predicted octanol–water partition coefficient (Wildman–Crippen LogP) is 2.23. The fourth-order valence-electron chi connectivity index (χ4n) is 1.63. The molecule has 5 nitrogen and oxygen atoms in total. The van der Waals surface area contributed by atoms with E-state index < -0.39 is 10.0 Å². The van der Waals surface area contributed by atoms with Crippen LogP contribution in [0.3, 0.4) is 0 Å². The lowest BCUT2D eigenvalue weighted by molar-refractivity contribution is 0.601. The Balaban J connectivity index is 2.35. The van der Waals surface area contributed by atoms with Gasteiger partial charge < -0.3 is 5.32 Å². The van der Waals surface area contributed by atoms with Crippen LogP contribution in [0, 0.1) is 6.92 Å². The largest absolute Gasteiger partial charge is 0.387 e. The molecule has 1 aromatic heterocycles. The molecule has 2 aromatic rings. The van der Waals surface area contributed by atoms with Crippen molar-refractivity contribution >= 4 is 21.5 Å². The number of para-hydroxylation sites is 1. The maximum Gasteiger partial charge on any atom is 0.265 e. The molecular formula is C13H15N3O2S. The molecule has 2 rings (SSSR count). The van der Waals surface area contributed by atoms with E-state index in [0.717, 1.165) is 5.56 Å². The Labute approximate surface area is 112 Å². The topological polar surface area (TPSA) is 71.1 Å². The molecule has 0 aliphatic heterocycles. The number of nitrogens with zero attached hydrogens (tertiary/aromatic N) is 1. The van der Waals surface area contributed by atoms with Gasteiger partial charge in [-0.3, -0.25) is 4.72 Å². The third-order valence-electron chi connectivity index (χ3n) is 2.60. The summed E-state index contributed by atoms with van der Waals surface area (Å²) in [4.78, 5) is 4.23. The molecule has 100 valence electrons. The molecule has 1 heterocycles. The molecule has 0 unspecified atom stereocenters. The van der Waals surface area contributed by atoms with Crippen LogP contribution in [0.25, 0.3) is 0 Å². The summed E-state index contributed by atoms with van der Waals surface area (Å²) in [6.45, 7) is 1.89. The molecule has 0 saturated carbocycles. The van der Waals surface area contributed by atoms with E-state index in [4.69, 9.17) is 0 Å². The Morgan fingerprint density at radius 2 is 1.84 bits per heavy atom. The first-order valence-corrected chi connectivity index (χ1v) is 7.23. The first-order valence-electron chi connectivity index (χ1n) is 5.75. The van der Waals surface area contributed by atoms with Crippen molar-refractivity contribution in [2.75, 3.05) is 17.1 Å². The van der Waals surface area contributed by atoms with Crippen LogP contribution in [0.4, 0.5) is 11.5 Å². The van der Waals surface area contributed by atoms with Crippen molar-refractivity contribution in [2.24, 2.45) is 0 Å². The third kappa shape index (κ3) is 3.03. The molecule has 0 fully saturated rings. The highest BCUT2D eigenvalue weighted by Crippen LogP contribution is 2.22. The lowest BCUT2D eigenvalue weighted by Gasteiger charge is -2.11. The minimum absolute atomic E-state index is 0.194. The predicted molar refractivity (Wildman–Crippen MR) is 75.8 cm³/mol. The summed E-state index contributed by atoms with van der Waals surface area (Å²) < 4.78 is 27.0. The molecule has 0 amide bonds. The normalized spacial score (nSPS) is 11.1. The highest BCUT2D eigenvalue weighted by molar-refractivity contribution is 7.92. The Morgan fingerprint density at radius 3 is 2.47 bits per heavy atom. The Kier molecular flexibility index (Phi) is 3.71. The Hall–Kier alpha value is -2.08. The van der Waals surface area contributed by atoms with Crippen molar-refractivity contribution in [3.05, 3.63) is 48.2 Å². The van der Waals surface area contributed by atoms with Gasteiger partial charge in [0.25, 0.3) is 10.0 Å². The number of benzene rings is 1. The quantitative estimate of drug-likeness (QED) is 0.899. The fourth-order valence-corrected chi connectivity index (χ4v) is 2.85. The molecule has 0 aliphatic rings.